The summed E-state index contributed by atoms with van der Waals surface area (Å²) in [5.41, 5.74) is 2.12. The number of nitrogens with one attached hydrogen (secondary N) is 2. The van der Waals surface area contributed by atoms with Gasteiger partial charge in [0.1, 0.15) is 11.5 Å². The minimum absolute atomic E-state index is 0.123. The monoisotopic (exact) mass is 437 g/mol. The second kappa shape index (κ2) is 9.11. The molecule has 0 atom stereocenters. The molecule has 0 unspecified atom stereocenters. The van der Waals surface area contributed by atoms with Gasteiger partial charge in [0.2, 0.25) is 0 Å². The Kier molecular flexibility index (Phi) is 6.11. The third kappa shape index (κ3) is 4.65. The quantitative estimate of drug-likeness (QED) is 0.462. The fourth-order valence-corrected chi connectivity index (χ4v) is 3.34. The molecule has 0 radical (unpaired) electrons. The lowest BCUT2D eigenvalue weighted by atomic mass is 10.1. The summed E-state index contributed by atoms with van der Waals surface area (Å²) in [6.07, 6.45) is 0. The van der Waals surface area contributed by atoms with Crippen LogP contribution in [0.4, 0.5) is 0 Å². The van der Waals surface area contributed by atoms with Crippen molar-refractivity contribution in [2.24, 2.45) is 0 Å². The van der Waals surface area contributed by atoms with Crippen LogP contribution in [0.25, 0.3) is 22.2 Å². The minimum Gasteiger partial charge on any atom is -0.383 e. The van der Waals surface area contributed by atoms with Gasteiger partial charge in [-0.2, -0.15) is 5.10 Å². The van der Waals surface area contributed by atoms with Crippen LogP contribution in [0.15, 0.2) is 59.4 Å². The van der Waals surface area contributed by atoms with Crippen molar-refractivity contribution in [3.63, 3.8) is 0 Å². The molecule has 0 aliphatic carbocycles. The highest BCUT2D eigenvalue weighted by Gasteiger charge is 2.20. The Morgan fingerprint density at radius 2 is 1.94 bits per heavy atom. The maximum absolute atomic E-state index is 13.2. The normalized spacial score (nSPS) is 11.0. The predicted molar refractivity (Wildman–Crippen MR) is 118 cm³/mol. The Hall–Kier alpha value is -3.49. The molecule has 8 nitrogen and oxygen atoms in total. The van der Waals surface area contributed by atoms with Crippen LogP contribution >= 0.6 is 11.6 Å². The first-order valence-corrected chi connectivity index (χ1v) is 10.0. The first-order chi connectivity index (χ1) is 15.0. The van der Waals surface area contributed by atoms with E-state index in [2.05, 4.69) is 20.2 Å². The summed E-state index contributed by atoms with van der Waals surface area (Å²) in [7, 11) is 1.56. The summed E-state index contributed by atoms with van der Waals surface area (Å²) in [5, 5.41) is 8.16. The molecule has 0 aliphatic rings. The number of aromatic amines is 2. The number of aromatic nitrogens is 4. The standard InChI is InChI=1S/C22H20ClN5O3/c1-31-11-10-28(13-20-24-17-5-3-2-4-16(17)21(29)25-20)22(30)19-12-18(26-27-19)14-6-8-15(23)9-7-14/h2-9,12H,10-11,13H2,1H3,(H,26,27)(H,24,25,29). The maximum atomic E-state index is 13.2. The van der Waals surface area contributed by atoms with Gasteiger partial charge >= 0.3 is 0 Å². The number of methoxy groups -OCH3 is 1. The zero-order chi connectivity index (χ0) is 21.8. The number of hydrogen-bond acceptors (Lipinski definition) is 5. The number of carbonyl (C=O) groups excluding carboxylic acids is 1. The van der Waals surface area contributed by atoms with Crippen molar-refractivity contribution in [2.75, 3.05) is 20.3 Å². The Morgan fingerprint density at radius 1 is 1.16 bits per heavy atom. The molecule has 9 heteroatoms. The van der Waals surface area contributed by atoms with E-state index >= 15 is 0 Å². The molecule has 4 rings (SSSR count). The highest BCUT2D eigenvalue weighted by Crippen LogP contribution is 2.21. The number of benzene rings is 2. The summed E-state index contributed by atoms with van der Waals surface area (Å²) in [4.78, 5) is 34.3. The number of fused-ring (bicyclic) bond motifs is 1. The molecule has 2 N–H and O–H groups in total. The largest absolute Gasteiger partial charge is 0.383 e. The van der Waals surface area contributed by atoms with Crippen LogP contribution in [0.3, 0.4) is 0 Å². The molecule has 0 spiro atoms. The zero-order valence-corrected chi connectivity index (χ0v) is 17.5. The van der Waals surface area contributed by atoms with E-state index in [-0.39, 0.29) is 18.0 Å². The van der Waals surface area contributed by atoms with Crippen LogP contribution in [0.1, 0.15) is 16.3 Å². The maximum Gasteiger partial charge on any atom is 0.272 e. The molecule has 4 aromatic rings. The first kappa shape index (κ1) is 20.8. The van der Waals surface area contributed by atoms with Crippen molar-refractivity contribution < 1.29 is 9.53 Å². The van der Waals surface area contributed by atoms with Gasteiger partial charge in [0, 0.05) is 24.2 Å². The van der Waals surface area contributed by atoms with Crippen LogP contribution in [-0.4, -0.2) is 51.2 Å². The van der Waals surface area contributed by atoms with Gasteiger partial charge in [-0.15, -0.1) is 0 Å². The zero-order valence-electron chi connectivity index (χ0n) is 16.8. The van der Waals surface area contributed by atoms with Crippen molar-refractivity contribution in [1.29, 1.82) is 0 Å². The number of rotatable bonds is 7. The number of halogens is 1. The summed E-state index contributed by atoms with van der Waals surface area (Å²) < 4.78 is 5.15. The van der Waals surface area contributed by atoms with Gasteiger partial charge in [-0.3, -0.25) is 14.7 Å². The predicted octanol–water partition coefficient (Wildman–Crippen LogP) is 3.26. The van der Waals surface area contributed by atoms with Gasteiger partial charge in [-0.25, -0.2) is 4.98 Å². The second-order valence-electron chi connectivity index (χ2n) is 6.92. The van der Waals surface area contributed by atoms with Crippen LogP contribution in [0.5, 0.6) is 0 Å². The third-order valence-corrected chi connectivity index (χ3v) is 5.06. The topological polar surface area (TPSA) is 104 Å². The average molecular weight is 438 g/mol. The van der Waals surface area contributed by atoms with E-state index in [0.717, 1.165) is 5.56 Å². The minimum atomic E-state index is -0.277. The number of nitrogens with zero attached hydrogens (tertiary/aromatic N) is 3. The lowest BCUT2D eigenvalue weighted by Crippen LogP contribution is -2.35. The van der Waals surface area contributed by atoms with E-state index < -0.39 is 0 Å². The second-order valence-corrected chi connectivity index (χ2v) is 7.36. The SMILES string of the molecule is COCCN(Cc1nc2ccccc2c(=O)[nH]1)C(=O)c1cc(-c2ccc(Cl)cc2)n[nH]1. The van der Waals surface area contributed by atoms with Gasteiger partial charge in [0.05, 0.1) is 29.7 Å². The Morgan fingerprint density at radius 3 is 2.71 bits per heavy atom. The van der Waals surface area contributed by atoms with Crippen LogP contribution in [-0.2, 0) is 11.3 Å². The fraction of sp³-hybridized carbons (Fsp3) is 0.182. The molecular weight excluding hydrogens is 418 g/mol. The van der Waals surface area contributed by atoms with Gasteiger partial charge in [-0.05, 0) is 30.3 Å². The van der Waals surface area contributed by atoms with Crippen molar-refractivity contribution in [1.82, 2.24) is 25.1 Å². The van der Waals surface area contributed by atoms with E-state index in [0.29, 0.717) is 46.3 Å². The molecule has 0 fully saturated rings. The summed E-state index contributed by atoms with van der Waals surface area (Å²) in [5.74, 6) is 0.117. The molecule has 158 valence electrons. The third-order valence-electron chi connectivity index (χ3n) is 4.80. The van der Waals surface area contributed by atoms with Crippen LogP contribution in [0.2, 0.25) is 5.02 Å². The number of ether oxygens (including phenoxy) is 1. The summed E-state index contributed by atoms with van der Waals surface area (Å²) >= 11 is 5.94. The van der Waals surface area contributed by atoms with Crippen molar-refractivity contribution >= 4 is 28.4 Å². The van der Waals surface area contributed by atoms with E-state index in [4.69, 9.17) is 16.3 Å². The first-order valence-electron chi connectivity index (χ1n) is 9.62. The summed E-state index contributed by atoms with van der Waals surface area (Å²) in [6, 6.07) is 15.9. The van der Waals surface area contributed by atoms with Gasteiger partial charge in [0.15, 0.2) is 0 Å². The molecular formula is C22H20ClN5O3. The van der Waals surface area contributed by atoms with Crippen molar-refractivity contribution in [3.05, 3.63) is 81.5 Å². The van der Waals surface area contributed by atoms with Crippen molar-refractivity contribution in [3.8, 4) is 11.3 Å². The Bertz CT molecular complexity index is 1270. The van der Waals surface area contributed by atoms with E-state index in [9.17, 15) is 9.59 Å². The Balaban J connectivity index is 1.60. The molecule has 1 amide bonds. The van der Waals surface area contributed by atoms with Crippen LogP contribution < -0.4 is 5.56 Å². The lowest BCUT2D eigenvalue weighted by Gasteiger charge is -2.21. The number of hydrogen-bond donors (Lipinski definition) is 2. The molecule has 31 heavy (non-hydrogen) atoms. The van der Waals surface area contributed by atoms with Gasteiger partial charge < -0.3 is 14.6 Å². The Labute approximate surface area is 182 Å². The lowest BCUT2D eigenvalue weighted by molar-refractivity contribution is 0.0669. The smallest absolute Gasteiger partial charge is 0.272 e. The number of amides is 1. The highest BCUT2D eigenvalue weighted by atomic mass is 35.5. The van der Waals surface area contributed by atoms with E-state index in [1.807, 2.05) is 18.2 Å². The van der Waals surface area contributed by atoms with E-state index in [1.165, 1.54) is 0 Å². The molecule has 0 saturated heterocycles. The molecule has 0 saturated carbocycles. The highest BCUT2D eigenvalue weighted by molar-refractivity contribution is 6.30. The molecule has 0 bridgehead atoms. The van der Waals surface area contributed by atoms with Crippen LogP contribution in [0, 0.1) is 0 Å². The average Bonchev–Trinajstić information content (AvgIpc) is 3.27. The van der Waals surface area contributed by atoms with E-state index in [1.54, 1.807) is 48.4 Å². The molecule has 2 aromatic heterocycles. The van der Waals surface area contributed by atoms with Gasteiger partial charge in [0.25, 0.3) is 11.5 Å². The molecule has 2 aromatic carbocycles. The number of para-hydroxylation sites is 1. The number of H-pyrrole nitrogens is 2. The molecule has 2 heterocycles. The molecule has 0 aliphatic heterocycles. The van der Waals surface area contributed by atoms with Gasteiger partial charge in [-0.1, -0.05) is 35.9 Å². The fourth-order valence-electron chi connectivity index (χ4n) is 3.21. The number of carbonyl (C=O) groups is 1. The van der Waals surface area contributed by atoms with Crippen molar-refractivity contribution in [2.45, 2.75) is 6.54 Å². The summed E-state index contributed by atoms with van der Waals surface area (Å²) in [6.45, 7) is 0.778.